The smallest absolute Gasteiger partial charge is 0.339 e. The number of hydrogen-bond acceptors (Lipinski definition) is 4. The fourth-order valence-electron chi connectivity index (χ4n) is 1.54. The minimum absolute atomic E-state index is 0.00180. The first kappa shape index (κ1) is 15.3. The van der Waals surface area contributed by atoms with Gasteiger partial charge in [-0.25, -0.2) is 0 Å². The lowest BCUT2D eigenvalue weighted by atomic mass is 10.2. The molecule has 9 heteroatoms. The van der Waals surface area contributed by atoms with Gasteiger partial charge in [-0.05, 0) is 25.1 Å². The van der Waals surface area contributed by atoms with Gasteiger partial charge in [0.15, 0.2) is 5.82 Å². The van der Waals surface area contributed by atoms with Gasteiger partial charge in [0.2, 0.25) is 11.8 Å². The number of hydrogen-bond donors (Lipinski definition) is 1. The van der Waals surface area contributed by atoms with E-state index >= 15 is 0 Å². The molecule has 21 heavy (non-hydrogen) atoms. The van der Waals surface area contributed by atoms with Gasteiger partial charge < -0.3 is 9.84 Å². The van der Waals surface area contributed by atoms with Crippen molar-refractivity contribution in [3.63, 3.8) is 0 Å². The maximum atomic E-state index is 12.6. The summed E-state index contributed by atoms with van der Waals surface area (Å²) in [5.41, 5.74) is -1.04. The van der Waals surface area contributed by atoms with E-state index in [1.807, 2.05) is 0 Å². The molecule has 0 spiro atoms. The Morgan fingerprint density at radius 1 is 1.43 bits per heavy atom. The monoisotopic (exact) mass is 319 g/mol. The lowest BCUT2D eigenvalue weighted by molar-refractivity contribution is -0.137. The molecular weight excluding hydrogens is 311 g/mol. The average Bonchev–Trinajstić information content (AvgIpc) is 2.76. The van der Waals surface area contributed by atoms with E-state index in [0.717, 1.165) is 18.2 Å². The molecule has 1 heterocycles. The molecule has 1 aromatic heterocycles. The first-order valence-corrected chi connectivity index (χ1v) is 6.09. The Bertz CT molecular complexity index is 670. The highest BCUT2D eigenvalue weighted by Gasteiger charge is 2.31. The molecule has 112 valence electrons. The van der Waals surface area contributed by atoms with E-state index in [1.54, 1.807) is 6.92 Å². The molecule has 0 aliphatic rings. The molecule has 0 fully saturated rings. The van der Waals surface area contributed by atoms with Crippen LogP contribution in [-0.2, 0) is 17.4 Å². The number of nitrogens with one attached hydrogen (secondary N) is 1. The SMILES string of the molecule is Cc1noc(CC(=O)Nc2cc(C(F)(F)F)ccc2Cl)n1. The fourth-order valence-corrected chi connectivity index (χ4v) is 1.71. The second-order valence-corrected chi connectivity index (χ2v) is 4.56. The summed E-state index contributed by atoms with van der Waals surface area (Å²) in [4.78, 5) is 15.5. The van der Waals surface area contributed by atoms with Crippen LogP contribution in [0.3, 0.4) is 0 Å². The van der Waals surface area contributed by atoms with Gasteiger partial charge in [-0.1, -0.05) is 16.8 Å². The van der Waals surface area contributed by atoms with Crippen LogP contribution in [-0.4, -0.2) is 16.0 Å². The number of carbonyl (C=O) groups excluding carboxylic acids is 1. The number of anilines is 1. The summed E-state index contributed by atoms with van der Waals surface area (Å²) in [7, 11) is 0. The second kappa shape index (κ2) is 5.72. The number of carbonyl (C=O) groups is 1. The first-order chi connectivity index (χ1) is 9.75. The van der Waals surface area contributed by atoms with Crippen molar-refractivity contribution in [2.75, 3.05) is 5.32 Å². The normalized spacial score (nSPS) is 11.5. The molecule has 0 atom stereocenters. The van der Waals surface area contributed by atoms with E-state index in [-0.39, 0.29) is 23.0 Å². The molecule has 1 aromatic carbocycles. The number of rotatable bonds is 3. The molecule has 0 radical (unpaired) electrons. The summed E-state index contributed by atoms with van der Waals surface area (Å²) in [6, 6.07) is 2.66. The van der Waals surface area contributed by atoms with Crippen molar-refractivity contribution in [2.45, 2.75) is 19.5 Å². The van der Waals surface area contributed by atoms with E-state index in [0.29, 0.717) is 5.82 Å². The minimum Gasteiger partial charge on any atom is -0.339 e. The highest BCUT2D eigenvalue weighted by atomic mass is 35.5. The number of benzene rings is 1. The maximum Gasteiger partial charge on any atom is 0.416 e. The Hall–Kier alpha value is -2.09. The predicted octanol–water partition coefficient (Wildman–Crippen LogP) is 3.23. The summed E-state index contributed by atoms with van der Waals surface area (Å²) in [5.74, 6) is -0.192. The number of aromatic nitrogens is 2. The van der Waals surface area contributed by atoms with Crippen LogP contribution in [0.15, 0.2) is 22.7 Å². The molecule has 5 nitrogen and oxygen atoms in total. The number of amides is 1. The fraction of sp³-hybridized carbons (Fsp3) is 0.250. The van der Waals surface area contributed by atoms with Crippen molar-refractivity contribution >= 4 is 23.2 Å². The summed E-state index contributed by atoms with van der Waals surface area (Å²) in [6.07, 6.45) is -4.78. The van der Waals surface area contributed by atoms with Crippen molar-refractivity contribution in [1.29, 1.82) is 0 Å². The van der Waals surface area contributed by atoms with Crippen LogP contribution < -0.4 is 5.32 Å². The lowest BCUT2D eigenvalue weighted by Gasteiger charge is -2.11. The zero-order valence-electron chi connectivity index (χ0n) is 10.7. The molecule has 2 aromatic rings. The van der Waals surface area contributed by atoms with Gasteiger partial charge in [0.1, 0.15) is 6.42 Å². The highest BCUT2D eigenvalue weighted by molar-refractivity contribution is 6.33. The Morgan fingerprint density at radius 3 is 2.71 bits per heavy atom. The second-order valence-electron chi connectivity index (χ2n) is 4.15. The van der Waals surface area contributed by atoms with Crippen LogP contribution in [0.4, 0.5) is 18.9 Å². The summed E-state index contributed by atoms with van der Waals surface area (Å²) in [5, 5.41) is 5.78. The quantitative estimate of drug-likeness (QED) is 0.943. The summed E-state index contributed by atoms with van der Waals surface area (Å²) >= 11 is 5.76. The zero-order chi connectivity index (χ0) is 15.6. The zero-order valence-corrected chi connectivity index (χ0v) is 11.4. The van der Waals surface area contributed by atoms with Crippen LogP contribution in [0.1, 0.15) is 17.3 Å². The highest BCUT2D eigenvalue weighted by Crippen LogP contribution is 2.33. The summed E-state index contributed by atoms with van der Waals surface area (Å²) in [6.45, 7) is 1.58. The molecule has 1 amide bonds. The summed E-state index contributed by atoms with van der Waals surface area (Å²) < 4.78 is 42.5. The van der Waals surface area contributed by atoms with Gasteiger partial charge >= 0.3 is 6.18 Å². The largest absolute Gasteiger partial charge is 0.416 e. The van der Waals surface area contributed by atoms with Gasteiger partial charge in [-0.15, -0.1) is 0 Å². The van der Waals surface area contributed by atoms with E-state index in [1.165, 1.54) is 0 Å². The Labute approximate surface area is 122 Å². The molecule has 0 aliphatic carbocycles. The lowest BCUT2D eigenvalue weighted by Crippen LogP contribution is -2.16. The average molecular weight is 320 g/mol. The van der Waals surface area contributed by atoms with Crippen molar-refractivity contribution < 1.29 is 22.5 Å². The predicted molar refractivity (Wildman–Crippen MR) is 67.8 cm³/mol. The van der Waals surface area contributed by atoms with Crippen molar-refractivity contribution in [3.05, 3.63) is 40.5 Å². The Morgan fingerprint density at radius 2 is 2.14 bits per heavy atom. The Balaban J connectivity index is 2.13. The van der Waals surface area contributed by atoms with Crippen molar-refractivity contribution in [3.8, 4) is 0 Å². The van der Waals surface area contributed by atoms with Crippen molar-refractivity contribution in [1.82, 2.24) is 10.1 Å². The topological polar surface area (TPSA) is 68.0 Å². The molecule has 0 unspecified atom stereocenters. The number of halogens is 4. The van der Waals surface area contributed by atoms with Crippen LogP contribution in [0.2, 0.25) is 5.02 Å². The van der Waals surface area contributed by atoms with Crippen molar-refractivity contribution in [2.24, 2.45) is 0 Å². The third-order valence-corrected chi connectivity index (χ3v) is 2.78. The van der Waals surface area contributed by atoms with E-state index in [4.69, 9.17) is 16.1 Å². The van der Waals surface area contributed by atoms with Gasteiger partial charge in [-0.2, -0.15) is 18.2 Å². The Kier molecular flexibility index (Phi) is 4.17. The number of nitrogens with zero attached hydrogens (tertiary/aromatic N) is 2. The standard InChI is InChI=1S/C12H9ClF3N3O2/c1-6-17-11(21-19-6)5-10(20)18-9-4-7(12(14,15)16)2-3-8(9)13/h2-4H,5H2,1H3,(H,18,20). The minimum atomic E-state index is -4.52. The molecule has 0 aliphatic heterocycles. The van der Waals surface area contributed by atoms with E-state index in [9.17, 15) is 18.0 Å². The van der Waals surface area contributed by atoms with Crippen LogP contribution >= 0.6 is 11.6 Å². The molecule has 1 N–H and O–H groups in total. The van der Waals surface area contributed by atoms with Gasteiger partial charge in [0.05, 0.1) is 16.3 Å². The van der Waals surface area contributed by atoms with Gasteiger partial charge in [0.25, 0.3) is 0 Å². The third-order valence-electron chi connectivity index (χ3n) is 2.45. The van der Waals surface area contributed by atoms with E-state index in [2.05, 4.69) is 15.5 Å². The van der Waals surface area contributed by atoms with Crippen LogP contribution in [0.25, 0.3) is 0 Å². The van der Waals surface area contributed by atoms with Gasteiger partial charge in [-0.3, -0.25) is 4.79 Å². The third kappa shape index (κ3) is 3.94. The molecule has 0 saturated heterocycles. The number of aryl methyl sites for hydroxylation is 1. The molecule has 2 rings (SSSR count). The molecule has 0 bridgehead atoms. The van der Waals surface area contributed by atoms with Crippen LogP contribution in [0, 0.1) is 6.92 Å². The molecule has 0 saturated carbocycles. The molecular formula is C12H9ClF3N3O2. The maximum absolute atomic E-state index is 12.6. The van der Waals surface area contributed by atoms with Gasteiger partial charge in [0, 0.05) is 0 Å². The van der Waals surface area contributed by atoms with Crippen LogP contribution in [0.5, 0.6) is 0 Å². The first-order valence-electron chi connectivity index (χ1n) is 5.71. The van der Waals surface area contributed by atoms with E-state index < -0.39 is 17.6 Å². The number of alkyl halides is 3.